The molecule has 0 spiro atoms. The summed E-state index contributed by atoms with van der Waals surface area (Å²) in [6.45, 7) is 3.63. The molecule has 0 bridgehead atoms. The lowest BCUT2D eigenvalue weighted by molar-refractivity contribution is -0.161. The second kappa shape index (κ2) is 36.0. The Kier molecular flexibility index (Phi) is 34.7. The lowest BCUT2D eigenvalue weighted by Crippen LogP contribution is -2.29. The van der Waals surface area contributed by atoms with Crippen LogP contribution in [0.4, 0.5) is 0 Å². The van der Waals surface area contributed by atoms with Crippen LogP contribution in [0.3, 0.4) is 0 Å². The maximum absolute atomic E-state index is 12.5. The molecule has 0 aromatic carbocycles. The van der Waals surface area contributed by atoms with Crippen LogP contribution in [-0.4, -0.2) is 49.3 Å². The molecule has 0 fully saturated rings. The van der Waals surface area contributed by atoms with E-state index >= 15 is 0 Å². The third-order valence-electron chi connectivity index (χ3n) is 8.00. The molecular weight excluding hydrogens is 641 g/mol. The lowest BCUT2D eigenvalue weighted by Gasteiger charge is -2.19. The summed E-state index contributed by atoms with van der Waals surface area (Å²) in [4.78, 5) is 34.7. The van der Waals surface area contributed by atoms with Gasteiger partial charge in [0.15, 0.2) is 6.10 Å². The molecule has 1 unspecified atom stereocenters. The zero-order chi connectivity index (χ0) is 36.1. The third kappa shape index (κ3) is 35.8. The van der Waals surface area contributed by atoms with Gasteiger partial charge in [-0.3, -0.25) is 18.6 Å². The number of carbonyl (C=O) groups is 2. The second-order valence-electron chi connectivity index (χ2n) is 12.8. The number of hydrogen-bond acceptors (Lipinski definition) is 8. The van der Waals surface area contributed by atoms with Gasteiger partial charge >= 0.3 is 19.8 Å². The summed E-state index contributed by atoms with van der Waals surface area (Å²) in [5, 5.41) is 0. The first-order valence-corrected chi connectivity index (χ1v) is 21.0. The highest BCUT2D eigenvalue weighted by atomic mass is 31.2. The molecule has 0 aliphatic rings. The van der Waals surface area contributed by atoms with E-state index in [9.17, 15) is 19.0 Å². The molecule has 3 N–H and O–H groups in total. The quantitative estimate of drug-likeness (QED) is 0.0281. The fourth-order valence-electron chi connectivity index (χ4n) is 5.06. The van der Waals surface area contributed by atoms with Gasteiger partial charge in [0.25, 0.3) is 0 Å². The Morgan fingerprint density at radius 2 is 1.08 bits per heavy atom. The van der Waals surface area contributed by atoms with Gasteiger partial charge in [-0.25, -0.2) is 4.57 Å². The van der Waals surface area contributed by atoms with Gasteiger partial charge in [-0.15, -0.1) is 0 Å². The van der Waals surface area contributed by atoms with Crippen molar-refractivity contribution in [3.8, 4) is 0 Å². The molecule has 0 saturated heterocycles. The molecule has 0 aliphatic heterocycles. The van der Waals surface area contributed by atoms with E-state index in [-0.39, 0.29) is 32.6 Å². The molecule has 0 aromatic heterocycles. The summed E-state index contributed by atoms with van der Waals surface area (Å²) in [7, 11) is -4.37. The first-order chi connectivity index (χ1) is 23.8. The molecular formula is C39H72NO8P. The number of rotatable bonds is 36. The highest BCUT2D eigenvalue weighted by Crippen LogP contribution is 2.43. The van der Waals surface area contributed by atoms with E-state index in [0.717, 1.165) is 77.0 Å². The van der Waals surface area contributed by atoms with Gasteiger partial charge in [0.05, 0.1) is 13.2 Å². The molecule has 0 radical (unpaired) electrons. The van der Waals surface area contributed by atoms with Crippen molar-refractivity contribution in [3.05, 3.63) is 36.5 Å². The summed E-state index contributed by atoms with van der Waals surface area (Å²) < 4.78 is 32.6. The van der Waals surface area contributed by atoms with Crippen molar-refractivity contribution >= 4 is 19.8 Å². The van der Waals surface area contributed by atoms with Crippen LogP contribution in [0.2, 0.25) is 0 Å². The largest absolute Gasteiger partial charge is 0.472 e. The number of esters is 2. The number of hydrogen-bond donors (Lipinski definition) is 2. The first-order valence-electron chi connectivity index (χ1n) is 19.5. The fourth-order valence-corrected chi connectivity index (χ4v) is 5.82. The number of unbranched alkanes of at least 4 members (excludes halogenated alkanes) is 17. The third-order valence-corrected chi connectivity index (χ3v) is 8.98. The van der Waals surface area contributed by atoms with Gasteiger partial charge in [0, 0.05) is 19.4 Å². The van der Waals surface area contributed by atoms with Crippen molar-refractivity contribution in [1.82, 2.24) is 0 Å². The van der Waals surface area contributed by atoms with Crippen LogP contribution >= 0.6 is 7.82 Å². The van der Waals surface area contributed by atoms with Crippen LogP contribution in [0, 0.1) is 0 Å². The maximum atomic E-state index is 12.5. The molecule has 0 aliphatic carbocycles. The molecule has 0 aromatic rings. The Labute approximate surface area is 299 Å². The van der Waals surface area contributed by atoms with Crippen molar-refractivity contribution in [2.45, 2.75) is 174 Å². The van der Waals surface area contributed by atoms with Crippen LogP contribution in [0.1, 0.15) is 168 Å². The van der Waals surface area contributed by atoms with Gasteiger partial charge in [-0.1, -0.05) is 127 Å². The zero-order valence-corrected chi connectivity index (χ0v) is 32.1. The number of phosphoric ester groups is 1. The summed E-state index contributed by atoms with van der Waals surface area (Å²) in [5.74, 6) is -0.851. The fraction of sp³-hybridized carbons (Fsp3) is 0.795. The van der Waals surface area contributed by atoms with Crippen LogP contribution in [0.5, 0.6) is 0 Å². The molecule has 9 nitrogen and oxygen atoms in total. The van der Waals surface area contributed by atoms with Gasteiger partial charge in [0.1, 0.15) is 6.61 Å². The average Bonchev–Trinajstić information content (AvgIpc) is 3.08. The predicted molar refractivity (Wildman–Crippen MR) is 201 cm³/mol. The molecule has 2 atom stereocenters. The number of ether oxygens (including phenoxy) is 2. The summed E-state index contributed by atoms with van der Waals surface area (Å²) >= 11 is 0. The smallest absolute Gasteiger partial charge is 0.462 e. The maximum Gasteiger partial charge on any atom is 0.472 e. The Hall–Kier alpha value is -1.77. The minimum atomic E-state index is -4.37. The van der Waals surface area contributed by atoms with E-state index in [1.54, 1.807) is 0 Å². The molecule has 0 heterocycles. The van der Waals surface area contributed by atoms with Crippen molar-refractivity contribution in [1.29, 1.82) is 0 Å². The van der Waals surface area contributed by atoms with Crippen LogP contribution < -0.4 is 5.73 Å². The molecule has 0 amide bonds. The summed E-state index contributed by atoms with van der Waals surface area (Å²) in [6.07, 6.45) is 37.4. The first kappa shape index (κ1) is 47.2. The van der Waals surface area contributed by atoms with Crippen molar-refractivity contribution < 1.29 is 37.6 Å². The summed E-state index contributed by atoms with van der Waals surface area (Å²) in [6, 6.07) is 0. The molecule has 49 heavy (non-hydrogen) atoms. The Morgan fingerprint density at radius 1 is 0.612 bits per heavy atom. The van der Waals surface area contributed by atoms with E-state index in [2.05, 4.69) is 50.3 Å². The normalized spacial score (nSPS) is 13.8. The van der Waals surface area contributed by atoms with Crippen LogP contribution in [0.15, 0.2) is 36.5 Å². The summed E-state index contributed by atoms with van der Waals surface area (Å²) in [5.41, 5.74) is 5.33. The van der Waals surface area contributed by atoms with E-state index in [1.807, 2.05) is 0 Å². The van der Waals surface area contributed by atoms with Crippen LogP contribution in [0.25, 0.3) is 0 Å². The van der Waals surface area contributed by atoms with Gasteiger partial charge in [-0.05, 0) is 64.2 Å². The Morgan fingerprint density at radius 3 is 1.63 bits per heavy atom. The van der Waals surface area contributed by atoms with Gasteiger partial charge < -0.3 is 20.1 Å². The van der Waals surface area contributed by atoms with E-state index in [0.29, 0.717) is 6.42 Å². The lowest BCUT2D eigenvalue weighted by atomic mass is 10.1. The topological polar surface area (TPSA) is 134 Å². The molecule has 286 valence electrons. The average molecular weight is 714 g/mol. The van der Waals surface area contributed by atoms with E-state index in [4.69, 9.17) is 24.3 Å². The molecule has 0 rings (SSSR count). The standard InChI is InChI=1S/C39H72NO8P/c1-3-5-7-9-11-13-15-16-17-18-19-20-22-23-25-27-29-31-38(41)45-35-37(36-47-49(43,44)46-34-33-40)48-39(42)32-30-28-26-24-21-14-12-10-8-6-4-2/h10-13,16-17,37H,3-9,14-15,18-36,40H2,1-2H3,(H,43,44)/t37-/m1/s1. The number of allylic oxidation sites excluding steroid dienone is 6. The Bertz CT molecular complexity index is 907. The van der Waals surface area contributed by atoms with Crippen molar-refractivity contribution in [3.63, 3.8) is 0 Å². The highest BCUT2D eigenvalue weighted by molar-refractivity contribution is 7.47. The highest BCUT2D eigenvalue weighted by Gasteiger charge is 2.25. The molecule has 10 heteroatoms. The Balaban J connectivity index is 4.20. The van der Waals surface area contributed by atoms with E-state index < -0.39 is 32.5 Å². The number of carbonyl (C=O) groups excluding carboxylic acids is 2. The van der Waals surface area contributed by atoms with Crippen LogP contribution in [-0.2, 0) is 32.7 Å². The monoisotopic (exact) mass is 713 g/mol. The van der Waals surface area contributed by atoms with E-state index in [1.165, 1.54) is 57.8 Å². The minimum Gasteiger partial charge on any atom is -0.462 e. The number of nitrogens with two attached hydrogens (primary N) is 1. The SMILES string of the molecule is CCCCC=CCCCCCCCC(=O)O[C@H](COC(=O)CCCCCCCCCC=CCC=CCCCCC)COP(=O)(O)OCCN. The van der Waals surface area contributed by atoms with Gasteiger partial charge in [-0.2, -0.15) is 0 Å². The molecule has 0 saturated carbocycles. The van der Waals surface area contributed by atoms with Crippen molar-refractivity contribution in [2.24, 2.45) is 5.73 Å². The van der Waals surface area contributed by atoms with Gasteiger partial charge in [0.2, 0.25) is 0 Å². The second-order valence-corrected chi connectivity index (χ2v) is 14.2. The number of phosphoric acid groups is 1. The zero-order valence-electron chi connectivity index (χ0n) is 31.2. The predicted octanol–water partition coefficient (Wildman–Crippen LogP) is 10.6. The van der Waals surface area contributed by atoms with Crippen molar-refractivity contribution in [2.75, 3.05) is 26.4 Å². The minimum absolute atomic E-state index is 0.0504.